The monoisotopic (exact) mass is 528 g/mol. The summed E-state index contributed by atoms with van der Waals surface area (Å²) in [4.78, 5) is 31.0. The third-order valence-corrected chi connectivity index (χ3v) is 7.28. The van der Waals surface area contributed by atoms with E-state index >= 15 is 0 Å². The van der Waals surface area contributed by atoms with E-state index in [1.165, 1.54) is 32.1 Å². The minimum atomic E-state index is -0.0522. The second-order valence-corrected chi connectivity index (χ2v) is 10.3. The van der Waals surface area contributed by atoms with Crippen molar-refractivity contribution in [1.82, 2.24) is 9.80 Å². The van der Waals surface area contributed by atoms with Gasteiger partial charge in [0.25, 0.3) is 0 Å². The van der Waals surface area contributed by atoms with Crippen LogP contribution in [-0.2, 0) is 22.6 Å². The van der Waals surface area contributed by atoms with Crippen molar-refractivity contribution >= 4 is 23.2 Å². The molecule has 37 heavy (non-hydrogen) atoms. The van der Waals surface area contributed by atoms with Gasteiger partial charge < -0.3 is 19.3 Å². The van der Waals surface area contributed by atoms with Gasteiger partial charge in [0.15, 0.2) is 11.5 Å². The van der Waals surface area contributed by atoms with Crippen LogP contribution in [0.1, 0.15) is 68.7 Å². The van der Waals surface area contributed by atoms with Crippen molar-refractivity contribution in [1.29, 1.82) is 0 Å². The van der Waals surface area contributed by atoms with Gasteiger partial charge in [-0.25, -0.2) is 0 Å². The van der Waals surface area contributed by atoms with Gasteiger partial charge in [0, 0.05) is 24.4 Å². The fourth-order valence-electron chi connectivity index (χ4n) is 4.25. The first-order valence-electron chi connectivity index (χ1n) is 13.4. The maximum Gasteiger partial charge on any atom is 0.242 e. The van der Waals surface area contributed by atoms with Crippen molar-refractivity contribution < 1.29 is 19.1 Å². The Morgan fingerprint density at radius 3 is 2.32 bits per heavy atom. The molecule has 0 radical (unpaired) electrons. The molecule has 0 aliphatic carbocycles. The van der Waals surface area contributed by atoms with Crippen molar-refractivity contribution in [2.75, 3.05) is 33.9 Å². The van der Waals surface area contributed by atoms with Crippen molar-refractivity contribution in [2.24, 2.45) is 0 Å². The molecule has 0 saturated heterocycles. The first kappa shape index (κ1) is 30.4. The zero-order valence-corrected chi connectivity index (χ0v) is 23.7. The summed E-state index contributed by atoms with van der Waals surface area (Å²) in [6, 6.07) is 9.85. The molecule has 7 heteroatoms. The summed E-state index contributed by atoms with van der Waals surface area (Å²) in [7, 11) is 3.23. The second-order valence-electron chi connectivity index (χ2n) is 9.27. The van der Waals surface area contributed by atoms with Crippen LogP contribution in [0.4, 0.5) is 0 Å². The van der Waals surface area contributed by atoms with Crippen LogP contribution in [0.3, 0.4) is 0 Å². The minimum absolute atomic E-state index is 0.0257. The third kappa shape index (κ3) is 11.0. The van der Waals surface area contributed by atoms with E-state index in [0.29, 0.717) is 44.0 Å². The zero-order valence-electron chi connectivity index (χ0n) is 22.9. The molecule has 0 aliphatic heterocycles. The number of nitrogens with zero attached hydrogens (tertiary/aromatic N) is 2. The summed E-state index contributed by atoms with van der Waals surface area (Å²) in [5, 5.41) is 2.02. The summed E-state index contributed by atoms with van der Waals surface area (Å²) >= 11 is 1.63. The van der Waals surface area contributed by atoms with Crippen LogP contribution in [0.25, 0.3) is 0 Å². The third-order valence-electron chi connectivity index (χ3n) is 6.42. The molecule has 204 valence electrons. The summed E-state index contributed by atoms with van der Waals surface area (Å²) in [5.74, 6) is 1.32. The van der Waals surface area contributed by atoms with Gasteiger partial charge in [0.05, 0.1) is 20.8 Å². The average Bonchev–Trinajstić information content (AvgIpc) is 3.43. The molecular weight excluding hydrogens is 484 g/mol. The minimum Gasteiger partial charge on any atom is -0.493 e. The summed E-state index contributed by atoms with van der Waals surface area (Å²) < 4.78 is 10.8. The van der Waals surface area contributed by atoms with Gasteiger partial charge in [-0.15, -0.1) is 17.9 Å². The molecule has 0 bridgehead atoms. The molecule has 0 unspecified atom stereocenters. The number of methoxy groups -OCH3 is 2. The Morgan fingerprint density at radius 1 is 0.946 bits per heavy atom. The molecule has 0 fully saturated rings. The lowest BCUT2D eigenvalue weighted by Crippen LogP contribution is -2.43. The molecule has 1 heterocycles. The Kier molecular flexibility index (Phi) is 14.5. The molecule has 1 aromatic carbocycles. The maximum absolute atomic E-state index is 13.4. The normalized spacial score (nSPS) is 10.7. The maximum atomic E-state index is 13.4. The lowest BCUT2D eigenvalue weighted by molar-refractivity contribution is -0.140. The summed E-state index contributed by atoms with van der Waals surface area (Å²) in [5.41, 5.74) is 1.06. The van der Waals surface area contributed by atoms with Crippen LogP contribution in [0.5, 0.6) is 11.5 Å². The van der Waals surface area contributed by atoms with E-state index in [1.807, 2.05) is 40.6 Å². The highest BCUT2D eigenvalue weighted by Crippen LogP contribution is 2.28. The number of carbonyl (C=O) groups excluding carboxylic acids is 2. The number of hydrogen-bond donors (Lipinski definition) is 0. The van der Waals surface area contributed by atoms with Gasteiger partial charge in [0.1, 0.15) is 6.54 Å². The molecule has 2 aromatic rings. The Hall–Kier alpha value is -2.80. The number of ether oxygens (including phenoxy) is 2. The molecular formula is C30H44N2O4S. The van der Waals surface area contributed by atoms with Crippen molar-refractivity contribution in [2.45, 2.75) is 71.3 Å². The number of thiophene rings is 1. The SMILES string of the molecule is C=CCN(CC(=O)N(CCc1ccc(OC)c(OC)c1)Cc1cccs1)C(=O)CCCCCCCCC. The molecule has 0 spiro atoms. The van der Waals surface area contributed by atoms with E-state index in [4.69, 9.17) is 9.47 Å². The first-order valence-corrected chi connectivity index (χ1v) is 14.3. The molecule has 0 saturated carbocycles. The number of carbonyl (C=O) groups is 2. The quantitative estimate of drug-likeness (QED) is 0.154. The smallest absolute Gasteiger partial charge is 0.242 e. The number of rotatable bonds is 19. The number of hydrogen-bond acceptors (Lipinski definition) is 5. The van der Waals surface area contributed by atoms with E-state index in [-0.39, 0.29) is 18.4 Å². The standard InChI is InChI=1S/C30H44N2O4S/c1-5-7-8-9-10-11-12-15-29(33)31(19-6-2)24-30(34)32(23-26-14-13-21-37-26)20-18-25-16-17-27(35-3)28(22-25)36-4/h6,13-14,16-17,21-22H,2,5,7-12,15,18-20,23-24H2,1,3-4H3. The Balaban J connectivity index is 1.99. The molecule has 6 nitrogen and oxygen atoms in total. The zero-order chi connectivity index (χ0) is 26.9. The van der Waals surface area contributed by atoms with Crippen LogP contribution < -0.4 is 9.47 Å². The van der Waals surface area contributed by atoms with Gasteiger partial charge in [-0.3, -0.25) is 9.59 Å². The van der Waals surface area contributed by atoms with Crippen LogP contribution in [0.15, 0.2) is 48.4 Å². The predicted octanol–water partition coefficient (Wildman–Crippen LogP) is 6.49. The summed E-state index contributed by atoms with van der Waals surface area (Å²) in [6.45, 7) is 7.53. The van der Waals surface area contributed by atoms with E-state index in [2.05, 4.69) is 13.5 Å². The Bertz CT molecular complexity index is 945. The molecule has 0 N–H and O–H groups in total. The van der Waals surface area contributed by atoms with Gasteiger partial charge in [0.2, 0.25) is 11.8 Å². The van der Waals surface area contributed by atoms with Crippen LogP contribution in [0.2, 0.25) is 0 Å². The number of unbranched alkanes of at least 4 members (excludes halogenated alkanes) is 6. The second kappa shape index (κ2) is 17.6. The average molecular weight is 529 g/mol. The number of amides is 2. The van der Waals surface area contributed by atoms with Gasteiger partial charge in [-0.2, -0.15) is 0 Å². The Labute approximate surface area is 227 Å². The highest BCUT2D eigenvalue weighted by Gasteiger charge is 2.21. The fraction of sp³-hybridized carbons (Fsp3) is 0.533. The van der Waals surface area contributed by atoms with Crippen LogP contribution in [-0.4, -0.2) is 55.5 Å². The molecule has 0 aliphatic rings. The van der Waals surface area contributed by atoms with Gasteiger partial charge in [-0.1, -0.05) is 63.7 Å². The van der Waals surface area contributed by atoms with E-state index in [9.17, 15) is 9.59 Å². The predicted molar refractivity (Wildman–Crippen MR) is 152 cm³/mol. The van der Waals surface area contributed by atoms with Crippen LogP contribution >= 0.6 is 11.3 Å². The molecule has 2 amide bonds. The molecule has 1 aromatic heterocycles. The van der Waals surface area contributed by atoms with Crippen molar-refractivity contribution in [3.8, 4) is 11.5 Å². The molecule has 0 atom stereocenters. The van der Waals surface area contributed by atoms with Crippen molar-refractivity contribution in [3.05, 3.63) is 58.8 Å². The van der Waals surface area contributed by atoms with Crippen LogP contribution in [0, 0.1) is 0 Å². The van der Waals surface area contributed by atoms with E-state index < -0.39 is 0 Å². The topological polar surface area (TPSA) is 59.1 Å². The van der Waals surface area contributed by atoms with Gasteiger partial charge in [-0.05, 0) is 42.0 Å². The first-order chi connectivity index (χ1) is 18.0. The van der Waals surface area contributed by atoms with E-state index in [1.54, 1.807) is 36.5 Å². The van der Waals surface area contributed by atoms with Crippen molar-refractivity contribution in [3.63, 3.8) is 0 Å². The fourth-order valence-corrected chi connectivity index (χ4v) is 4.97. The lowest BCUT2D eigenvalue weighted by atomic mass is 10.1. The largest absolute Gasteiger partial charge is 0.493 e. The Morgan fingerprint density at radius 2 is 1.68 bits per heavy atom. The summed E-state index contributed by atoms with van der Waals surface area (Å²) in [6.07, 6.45) is 11.0. The lowest BCUT2D eigenvalue weighted by Gasteiger charge is -2.27. The molecule has 2 rings (SSSR count). The van der Waals surface area contributed by atoms with Gasteiger partial charge >= 0.3 is 0 Å². The highest BCUT2D eigenvalue weighted by molar-refractivity contribution is 7.09. The van der Waals surface area contributed by atoms with E-state index in [0.717, 1.165) is 23.3 Å². The number of benzene rings is 1. The highest BCUT2D eigenvalue weighted by atomic mass is 32.1.